The van der Waals surface area contributed by atoms with Crippen LogP contribution < -0.4 is 0 Å². The van der Waals surface area contributed by atoms with Gasteiger partial charge in [0.2, 0.25) is 11.8 Å². The molecule has 7 nitrogen and oxygen atoms in total. The van der Waals surface area contributed by atoms with Crippen molar-refractivity contribution < 1.29 is 18.8 Å². The lowest BCUT2D eigenvalue weighted by Crippen LogP contribution is -2.54. The molecule has 1 aromatic heterocycles. The average Bonchev–Trinajstić information content (AvgIpc) is 3.19. The molecule has 1 atom stereocenters. The van der Waals surface area contributed by atoms with Crippen LogP contribution in [0.1, 0.15) is 30.3 Å². The zero-order chi connectivity index (χ0) is 20.5. The van der Waals surface area contributed by atoms with Crippen molar-refractivity contribution in [1.29, 1.82) is 0 Å². The number of fused-ring (bicyclic) bond motifs is 1. The Labute approximate surface area is 177 Å². The predicted molar refractivity (Wildman–Crippen MR) is 111 cm³/mol. The Morgan fingerprint density at radius 3 is 2.45 bits per heavy atom. The Morgan fingerprint density at radius 1 is 1.03 bits per heavy atom. The highest BCUT2D eigenvalue weighted by Gasteiger charge is 2.33. The first-order valence-corrected chi connectivity index (χ1v) is 10.7. The van der Waals surface area contributed by atoms with Gasteiger partial charge in [-0.1, -0.05) is 12.1 Å². The van der Waals surface area contributed by atoms with Crippen molar-refractivity contribution >= 4 is 44.6 Å². The molecule has 2 saturated heterocycles. The molecule has 0 radical (unpaired) electrons. The smallest absolute Gasteiger partial charge is 0.289 e. The van der Waals surface area contributed by atoms with Crippen LogP contribution in [0.15, 0.2) is 33.2 Å². The number of rotatable bonds is 2. The second kappa shape index (κ2) is 8.18. The van der Waals surface area contributed by atoms with E-state index < -0.39 is 0 Å². The van der Waals surface area contributed by atoms with Gasteiger partial charge in [0, 0.05) is 51.6 Å². The number of nitrogens with zero attached hydrogens (tertiary/aromatic N) is 3. The minimum atomic E-state index is -0.152. The number of piperidine rings is 1. The Balaban J connectivity index is 1.37. The number of likely N-dealkylation sites (tertiary alicyclic amines) is 1. The van der Waals surface area contributed by atoms with Gasteiger partial charge in [0.05, 0.1) is 10.4 Å². The number of hydrogen-bond donors (Lipinski definition) is 0. The van der Waals surface area contributed by atoms with Crippen LogP contribution in [0, 0.1) is 5.92 Å². The van der Waals surface area contributed by atoms with Gasteiger partial charge in [-0.05, 0) is 40.9 Å². The molecule has 2 aromatic rings. The maximum Gasteiger partial charge on any atom is 0.289 e. The molecule has 154 valence electrons. The summed E-state index contributed by atoms with van der Waals surface area (Å²) in [5.41, 5.74) is 0.664. The molecular formula is C21H24BrN3O4. The van der Waals surface area contributed by atoms with Crippen LogP contribution in [0.2, 0.25) is 0 Å². The monoisotopic (exact) mass is 461 g/mol. The van der Waals surface area contributed by atoms with Crippen LogP contribution in [0.3, 0.4) is 0 Å². The van der Waals surface area contributed by atoms with Crippen molar-refractivity contribution in [2.24, 2.45) is 5.92 Å². The van der Waals surface area contributed by atoms with Gasteiger partial charge in [-0.2, -0.15) is 0 Å². The number of piperazine rings is 1. The van der Waals surface area contributed by atoms with Gasteiger partial charge in [-0.15, -0.1) is 0 Å². The van der Waals surface area contributed by atoms with Crippen LogP contribution in [-0.4, -0.2) is 71.7 Å². The van der Waals surface area contributed by atoms with Crippen LogP contribution in [0.5, 0.6) is 0 Å². The molecule has 4 rings (SSSR count). The van der Waals surface area contributed by atoms with E-state index >= 15 is 0 Å². The summed E-state index contributed by atoms with van der Waals surface area (Å²) in [6.45, 7) is 4.75. The summed E-state index contributed by atoms with van der Waals surface area (Å²) >= 11 is 3.44. The van der Waals surface area contributed by atoms with E-state index in [1.807, 2.05) is 23.1 Å². The van der Waals surface area contributed by atoms with Crippen molar-refractivity contribution in [3.63, 3.8) is 0 Å². The third-order valence-electron chi connectivity index (χ3n) is 5.80. The second-order valence-corrected chi connectivity index (χ2v) is 8.54. The number of carbonyl (C=O) groups excluding carboxylic acids is 3. The van der Waals surface area contributed by atoms with E-state index in [1.54, 1.807) is 22.8 Å². The van der Waals surface area contributed by atoms with Gasteiger partial charge in [0.1, 0.15) is 5.58 Å². The maximum atomic E-state index is 12.9. The minimum absolute atomic E-state index is 0.0235. The lowest BCUT2D eigenvalue weighted by Gasteiger charge is -2.38. The number of halogens is 1. The standard InChI is InChI=1S/C21H24BrN3O4/c1-14(26)25-7-3-5-16(13-25)20(27)23-8-10-24(11-9-23)21(28)18-12-15-4-2-6-17(22)19(15)29-18/h2,4,6,12,16H,3,5,7-11,13H2,1H3. The zero-order valence-corrected chi connectivity index (χ0v) is 18.0. The lowest BCUT2D eigenvalue weighted by atomic mass is 9.96. The van der Waals surface area contributed by atoms with Gasteiger partial charge in [-0.3, -0.25) is 14.4 Å². The molecule has 1 aromatic carbocycles. The van der Waals surface area contributed by atoms with E-state index in [0.717, 1.165) is 29.2 Å². The number of hydrogen-bond acceptors (Lipinski definition) is 4. The molecule has 8 heteroatoms. The SMILES string of the molecule is CC(=O)N1CCCC(C(=O)N2CCN(C(=O)c3cc4cccc(Br)c4o3)CC2)C1. The molecular weight excluding hydrogens is 438 g/mol. The fraction of sp³-hybridized carbons (Fsp3) is 0.476. The van der Waals surface area contributed by atoms with Gasteiger partial charge < -0.3 is 19.1 Å². The van der Waals surface area contributed by atoms with E-state index in [1.165, 1.54) is 0 Å². The highest BCUT2D eigenvalue weighted by atomic mass is 79.9. The fourth-order valence-electron chi connectivity index (χ4n) is 4.14. The van der Waals surface area contributed by atoms with Crippen molar-refractivity contribution in [3.8, 4) is 0 Å². The number of para-hydroxylation sites is 1. The normalized spacial score (nSPS) is 20.2. The highest BCUT2D eigenvalue weighted by Crippen LogP contribution is 2.28. The Kier molecular flexibility index (Phi) is 5.63. The minimum Gasteiger partial charge on any atom is -0.450 e. The molecule has 1 unspecified atom stereocenters. The average molecular weight is 462 g/mol. The number of benzene rings is 1. The van der Waals surface area contributed by atoms with Crippen LogP contribution in [0.25, 0.3) is 11.0 Å². The van der Waals surface area contributed by atoms with E-state index in [4.69, 9.17) is 4.42 Å². The Morgan fingerprint density at radius 2 is 1.76 bits per heavy atom. The second-order valence-electron chi connectivity index (χ2n) is 7.69. The van der Waals surface area contributed by atoms with Crippen LogP contribution >= 0.6 is 15.9 Å². The number of furan rings is 1. The van der Waals surface area contributed by atoms with Crippen molar-refractivity contribution in [1.82, 2.24) is 14.7 Å². The van der Waals surface area contributed by atoms with Gasteiger partial charge in [0.25, 0.3) is 5.91 Å². The first-order valence-electron chi connectivity index (χ1n) is 9.95. The molecule has 0 saturated carbocycles. The maximum absolute atomic E-state index is 12.9. The van der Waals surface area contributed by atoms with Crippen LogP contribution in [0.4, 0.5) is 0 Å². The van der Waals surface area contributed by atoms with Crippen LogP contribution in [-0.2, 0) is 9.59 Å². The molecule has 0 bridgehead atoms. The first-order chi connectivity index (χ1) is 13.9. The van der Waals surface area contributed by atoms with Crippen molar-refractivity contribution in [2.45, 2.75) is 19.8 Å². The summed E-state index contributed by atoms with van der Waals surface area (Å²) in [7, 11) is 0. The van der Waals surface area contributed by atoms with E-state index in [9.17, 15) is 14.4 Å². The molecule has 0 spiro atoms. The molecule has 0 aliphatic carbocycles. The van der Waals surface area contributed by atoms with E-state index in [0.29, 0.717) is 44.1 Å². The predicted octanol–water partition coefficient (Wildman–Crippen LogP) is 2.74. The van der Waals surface area contributed by atoms with Gasteiger partial charge in [-0.25, -0.2) is 0 Å². The number of carbonyl (C=O) groups is 3. The van der Waals surface area contributed by atoms with E-state index in [-0.39, 0.29) is 23.6 Å². The zero-order valence-electron chi connectivity index (χ0n) is 16.4. The molecule has 2 aliphatic rings. The fourth-order valence-corrected chi connectivity index (χ4v) is 4.60. The summed E-state index contributed by atoms with van der Waals surface area (Å²) in [5, 5.41) is 0.879. The summed E-state index contributed by atoms with van der Waals surface area (Å²) < 4.78 is 6.58. The molecule has 3 amide bonds. The quantitative estimate of drug-likeness (QED) is 0.688. The summed E-state index contributed by atoms with van der Waals surface area (Å²) in [5.74, 6) is 0.144. The van der Waals surface area contributed by atoms with Gasteiger partial charge in [0.15, 0.2) is 5.76 Å². The van der Waals surface area contributed by atoms with Crippen molar-refractivity contribution in [2.75, 3.05) is 39.3 Å². The topological polar surface area (TPSA) is 74.1 Å². The van der Waals surface area contributed by atoms with Crippen molar-refractivity contribution in [3.05, 3.63) is 34.5 Å². The number of amides is 3. The lowest BCUT2D eigenvalue weighted by molar-refractivity contribution is -0.141. The third kappa shape index (κ3) is 4.03. The molecule has 29 heavy (non-hydrogen) atoms. The molecule has 0 N–H and O–H groups in total. The largest absolute Gasteiger partial charge is 0.450 e. The Hall–Kier alpha value is -2.35. The first kappa shape index (κ1) is 19.9. The highest BCUT2D eigenvalue weighted by molar-refractivity contribution is 9.10. The van der Waals surface area contributed by atoms with E-state index in [2.05, 4.69) is 15.9 Å². The third-order valence-corrected chi connectivity index (χ3v) is 6.43. The summed E-state index contributed by atoms with van der Waals surface area (Å²) in [6.07, 6.45) is 1.67. The Bertz CT molecular complexity index is 949. The molecule has 3 heterocycles. The summed E-state index contributed by atoms with van der Waals surface area (Å²) in [4.78, 5) is 42.7. The summed E-state index contributed by atoms with van der Waals surface area (Å²) in [6, 6.07) is 7.45. The molecule has 2 fully saturated rings. The molecule has 2 aliphatic heterocycles. The van der Waals surface area contributed by atoms with Gasteiger partial charge >= 0.3 is 0 Å².